The number of thiophene rings is 1. The summed E-state index contributed by atoms with van der Waals surface area (Å²) in [7, 11) is -3.94. The summed E-state index contributed by atoms with van der Waals surface area (Å²) in [6.07, 6.45) is 2.09. The summed E-state index contributed by atoms with van der Waals surface area (Å²) < 4.78 is 27.1. The van der Waals surface area contributed by atoms with Crippen molar-refractivity contribution in [3.63, 3.8) is 0 Å². The molecule has 2 N–H and O–H groups in total. The average Bonchev–Trinajstić information content (AvgIpc) is 3.28. The first kappa shape index (κ1) is 26.0. The zero-order chi connectivity index (χ0) is 24.9. The fraction of sp³-hybridized carbons (Fsp3) is 0.478. The Kier molecular flexibility index (Phi) is 8.56. The maximum Gasteiger partial charge on any atom is 0.261 e. The summed E-state index contributed by atoms with van der Waals surface area (Å²) in [5.41, 5.74) is 0. The van der Waals surface area contributed by atoms with Crippen molar-refractivity contribution in [2.24, 2.45) is 11.8 Å². The number of nitrogens with zero attached hydrogens (tertiary/aromatic N) is 2. The van der Waals surface area contributed by atoms with Crippen LogP contribution >= 0.6 is 11.3 Å². The Morgan fingerprint density at radius 1 is 1.24 bits per heavy atom. The van der Waals surface area contributed by atoms with Crippen LogP contribution in [-0.4, -0.2) is 60.5 Å². The van der Waals surface area contributed by atoms with Gasteiger partial charge < -0.3 is 10.6 Å². The molecule has 0 aromatic carbocycles. The number of pyridine rings is 1. The van der Waals surface area contributed by atoms with E-state index >= 15 is 0 Å². The van der Waals surface area contributed by atoms with Crippen LogP contribution in [0.3, 0.4) is 0 Å². The van der Waals surface area contributed by atoms with E-state index in [0.717, 1.165) is 4.31 Å². The normalized spacial score (nSPS) is 20.5. The molecule has 1 fully saturated rings. The third kappa shape index (κ3) is 6.49. The van der Waals surface area contributed by atoms with Crippen LogP contribution < -0.4 is 10.6 Å². The molecule has 0 aliphatic carbocycles. The molecule has 2 amide bonds. The molecule has 1 aliphatic heterocycles. The highest BCUT2D eigenvalue weighted by Crippen LogP contribution is 2.21. The van der Waals surface area contributed by atoms with Crippen LogP contribution in [0.4, 0.5) is 0 Å². The second-order valence-electron chi connectivity index (χ2n) is 8.97. The van der Waals surface area contributed by atoms with E-state index in [4.69, 9.17) is 0 Å². The highest BCUT2D eigenvalue weighted by atomic mass is 32.2. The molecule has 1 aliphatic rings. The monoisotopic (exact) mass is 506 g/mol. The Bertz CT molecular complexity index is 1100. The molecule has 0 bridgehead atoms. The SMILES string of the molecule is CC(C)C[C@H](NC(=O)c1cccs1)C(=O)N[C@@H]1C[C@@H](C)CN(S(=O)(=O)c2ccccn2)CC1=O. The van der Waals surface area contributed by atoms with Gasteiger partial charge in [-0.2, -0.15) is 4.31 Å². The molecule has 0 saturated carbocycles. The molecule has 9 nitrogen and oxygen atoms in total. The van der Waals surface area contributed by atoms with Crippen LogP contribution in [0.2, 0.25) is 0 Å². The van der Waals surface area contributed by atoms with Gasteiger partial charge in [-0.1, -0.05) is 32.9 Å². The molecule has 0 radical (unpaired) electrons. The molecule has 34 heavy (non-hydrogen) atoms. The number of carbonyl (C=O) groups excluding carboxylic acids is 3. The van der Waals surface area contributed by atoms with Crippen LogP contribution in [0.25, 0.3) is 0 Å². The summed E-state index contributed by atoms with van der Waals surface area (Å²) in [5, 5.41) is 7.20. The lowest BCUT2D eigenvalue weighted by Gasteiger charge is -2.23. The van der Waals surface area contributed by atoms with Gasteiger partial charge in [0.25, 0.3) is 15.9 Å². The van der Waals surface area contributed by atoms with Crippen molar-refractivity contribution in [2.75, 3.05) is 13.1 Å². The molecular weight excluding hydrogens is 476 g/mol. The van der Waals surface area contributed by atoms with Crippen LogP contribution in [0.1, 0.15) is 43.3 Å². The number of hydrogen-bond acceptors (Lipinski definition) is 7. The minimum Gasteiger partial charge on any atom is -0.344 e. The number of aromatic nitrogens is 1. The van der Waals surface area contributed by atoms with Crippen molar-refractivity contribution in [3.05, 3.63) is 46.8 Å². The van der Waals surface area contributed by atoms with Crippen molar-refractivity contribution < 1.29 is 22.8 Å². The molecule has 3 heterocycles. The molecule has 0 unspecified atom stereocenters. The van der Waals surface area contributed by atoms with Crippen molar-refractivity contribution in [3.8, 4) is 0 Å². The molecule has 3 rings (SSSR count). The smallest absolute Gasteiger partial charge is 0.261 e. The zero-order valence-electron chi connectivity index (χ0n) is 19.4. The Morgan fingerprint density at radius 2 is 2.00 bits per heavy atom. The van der Waals surface area contributed by atoms with Crippen molar-refractivity contribution in [1.82, 2.24) is 19.9 Å². The number of hydrogen-bond donors (Lipinski definition) is 2. The van der Waals surface area contributed by atoms with Gasteiger partial charge in [0.1, 0.15) is 6.04 Å². The van der Waals surface area contributed by atoms with Gasteiger partial charge in [0.15, 0.2) is 10.8 Å². The van der Waals surface area contributed by atoms with Gasteiger partial charge in [0.05, 0.1) is 17.5 Å². The lowest BCUT2D eigenvalue weighted by atomic mass is 9.98. The number of ketones is 1. The summed E-state index contributed by atoms with van der Waals surface area (Å²) >= 11 is 1.28. The Hall–Kier alpha value is -2.63. The topological polar surface area (TPSA) is 126 Å². The largest absolute Gasteiger partial charge is 0.344 e. The van der Waals surface area contributed by atoms with Crippen LogP contribution in [-0.2, 0) is 19.6 Å². The fourth-order valence-electron chi connectivity index (χ4n) is 3.87. The minimum atomic E-state index is -3.94. The van der Waals surface area contributed by atoms with E-state index in [1.165, 1.54) is 23.6 Å². The summed E-state index contributed by atoms with van der Waals surface area (Å²) in [6, 6.07) is 6.36. The first-order valence-electron chi connectivity index (χ1n) is 11.2. The van der Waals surface area contributed by atoms with Gasteiger partial charge in [-0.25, -0.2) is 13.4 Å². The van der Waals surface area contributed by atoms with Gasteiger partial charge >= 0.3 is 0 Å². The molecule has 184 valence electrons. The minimum absolute atomic E-state index is 0.120. The fourth-order valence-corrected chi connectivity index (χ4v) is 5.96. The van der Waals surface area contributed by atoms with Gasteiger partial charge in [0.2, 0.25) is 5.91 Å². The van der Waals surface area contributed by atoms with Crippen molar-refractivity contribution in [2.45, 2.75) is 50.7 Å². The lowest BCUT2D eigenvalue weighted by molar-refractivity contribution is -0.129. The van der Waals surface area contributed by atoms with E-state index in [1.807, 2.05) is 20.8 Å². The third-order valence-electron chi connectivity index (χ3n) is 5.51. The maximum absolute atomic E-state index is 13.1. The molecule has 11 heteroatoms. The second kappa shape index (κ2) is 11.2. The van der Waals surface area contributed by atoms with Crippen LogP contribution in [0.15, 0.2) is 46.9 Å². The standard InChI is InChI=1S/C23H30N4O5S2/c1-15(2)11-18(26-23(30)20-7-6-10-33-20)22(29)25-17-12-16(3)13-27(14-19(17)28)34(31,32)21-8-4-5-9-24-21/h4-10,15-18H,11-14H2,1-3H3,(H,25,29)(H,26,30)/t16-,17-,18+/m1/s1. The van der Waals surface area contributed by atoms with E-state index in [0.29, 0.717) is 17.7 Å². The summed E-state index contributed by atoms with van der Waals surface area (Å²) in [4.78, 5) is 43.1. The second-order valence-corrected chi connectivity index (χ2v) is 11.8. The number of Topliss-reactive ketones (excluding diaryl/α,β-unsaturated/α-hetero) is 1. The number of amides is 2. The van der Waals surface area contributed by atoms with Crippen molar-refractivity contribution >= 4 is 39.0 Å². The molecule has 2 aromatic rings. The number of carbonyl (C=O) groups is 3. The van der Waals surface area contributed by atoms with E-state index in [9.17, 15) is 22.8 Å². The summed E-state index contributed by atoms with van der Waals surface area (Å²) in [5.74, 6) is -1.25. The molecular formula is C23H30N4O5S2. The predicted molar refractivity (Wildman–Crippen MR) is 129 cm³/mol. The van der Waals surface area contributed by atoms with E-state index < -0.39 is 33.8 Å². The first-order valence-corrected chi connectivity index (χ1v) is 13.5. The lowest BCUT2D eigenvalue weighted by Crippen LogP contribution is -2.52. The van der Waals surface area contributed by atoms with Gasteiger partial charge in [0, 0.05) is 12.7 Å². The van der Waals surface area contributed by atoms with E-state index in [1.54, 1.807) is 29.6 Å². The van der Waals surface area contributed by atoms with Gasteiger partial charge in [-0.3, -0.25) is 14.4 Å². The average molecular weight is 507 g/mol. The third-order valence-corrected chi connectivity index (χ3v) is 8.10. The Morgan fingerprint density at radius 3 is 2.62 bits per heavy atom. The summed E-state index contributed by atoms with van der Waals surface area (Å²) in [6.45, 7) is 5.50. The maximum atomic E-state index is 13.1. The van der Waals surface area contributed by atoms with E-state index in [2.05, 4.69) is 15.6 Å². The van der Waals surface area contributed by atoms with E-state index in [-0.39, 0.29) is 35.9 Å². The number of nitrogens with one attached hydrogen (secondary N) is 2. The highest BCUT2D eigenvalue weighted by Gasteiger charge is 2.37. The number of rotatable bonds is 8. The Balaban J connectivity index is 1.72. The van der Waals surface area contributed by atoms with Gasteiger partial charge in [-0.15, -0.1) is 11.3 Å². The van der Waals surface area contributed by atoms with Crippen LogP contribution in [0, 0.1) is 11.8 Å². The highest BCUT2D eigenvalue weighted by molar-refractivity contribution is 7.89. The molecule has 2 aromatic heterocycles. The molecule has 0 spiro atoms. The van der Waals surface area contributed by atoms with Gasteiger partial charge in [-0.05, 0) is 48.3 Å². The molecule has 3 atom stereocenters. The van der Waals surface area contributed by atoms with Crippen LogP contribution in [0.5, 0.6) is 0 Å². The Labute approximate surface area is 204 Å². The zero-order valence-corrected chi connectivity index (χ0v) is 21.1. The quantitative estimate of drug-likeness (QED) is 0.565. The predicted octanol–water partition coefficient (Wildman–Crippen LogP) is 2.07. The first-order chi connectivity index (χ1) is 16.1. The number of sulfonamides is 1. The van der Waals surface area contributed by atoms with Crippen molar-refractivity contribution in [1.29, 1.82) is 0 Å². The molecule has 1 saturated heterocycles.